The smallest absolute Gasteiger partial charge is 0.165 e. The van der Waals surface area contributed by atoms with E-state index >= 15 is 0 Å². The van der Waals surface area contributed by atoms with Gasteiger partial charge in [-0.15, -0.1) is 11.6 Å². The van der Waals surface area contributed by atoms with Gasteiger partial charge in [-0.1, -0.05) is 0 Å². The lowest BCUT2D eigenvalue weighted by Gasteiger charge is -2.11. The molecule has 2 nitrogen and oxygen atoms in total. The van der Waals surface area contributed by atoms with Crippen LogP contribution in [0.4, 0.5) is 8.78 Å². The zero-order valence-electron chi connectivity index (χ0n) is 7.56. The molecule has 0 spiro atoms. The van der Waals surface area contributed by atoms with Crippen molar-refractivity contribution >= 4 is 11.6 Å². The summed E-state index contributed by atoms with van der Waals surface area (Å²) in [5, 5.41) is 0. The molecule has 0 saturated carbocycles. The van der Waals surface area contributed by atoms with Crippen LogP contribution in [0, 0.1) is 11.6 Å². The summed E-state index contributed by atoms with van der Waals surface area (Å²) in [7, 11) is 1.26. The molecule has 0 amide bonds. The maximum atomic E-state index is 13.3. The molecule has 0 fully saturated rings. The SMILES string of the molecule is COc1cc(F)c(C(N)CCl)cc1F. The summed E-state index contributed by atoms with van der Waals surface area (Å²) in [5.74, 6) is -1.38. The number of rotatable bonds is 3. The van der Waals surface area contributed by atoms with Crippen LogP contribution in [0.1, 0.15) is 11.6 Å². The van der Waals surface area contributed by atoms with Crippen LogP contribution in [-0.2, 0) is 0 Å². The minimum absolute atomic E-state index is 0.0304. The van der Waals surface area contributed by atoms with Crippen molar-refractivity contribution in [3.8, 4) is 5.75 Å². The third-order valence-corrected chi connectivity index (χ3v) is 2.17. The molecule has 0 aliphatic heterocycles. The quantitative estimate of drug-likeness (QED) is 0.795. The molecular formula is C9H10ClF2NO. The summed E-state index contributed by atoms with van der Waals surface area (Å²) in [4.78, 5) is 0. The molecule has 14 heavy (non-hydrogen) atoms. The van der Waals surface area contributed by atoms with Gasteiger partial charge in [0, 0.05) is 23.6 Å². The van der Waals surface area contributed by atoms with Crippen LogP contribution < -0.4 is 10.5 Å². The van der Waals surface area contributed by atoms with E-state index in [1.807, 2.05) is 0 Å². The Kier molecular flexibility index (Phi) is 3.66. The van der Waals surface area contributed by atoms with E-state index in [0.29, 0.717) is 0 Å². The first-order valence-electron chi connectivity index (χ1n) is 3.94. The van der Waals surface area contributed by atoms with Gasteiger partial charge in [-0.05, 0) is 6.07 Å². The van der Waals surface area contributed by atoms with Crippen molar-refractivity contribution in [2.75, 3.05) is 13.0 Å². The maximum absolute atomic E-state index is 13.3. The van der Waals surface area contributed by atoms with Gasteiger partial charge >= 0.3 is 0 Å². The van der Waals surface area contributed by atoms with Gasteiger partial charge in [-0.3, -0.25) is 0 Å². The number of alkyl halides is 1. The minimum atomic E-state index is -0.711. The van der Waals surface area contributed by atoms with E-state index in [2.05, 4.69) is 4.74 Å². The topological polar surface area (TPSA) is 35.2 Å². The average Bonchev–Trinajstić information content (AvgIpc) is 2.19. The highest BCUT2D eigenvalue weighted by molar-refractivity contribution is 6.18. The van der Waals surface area contributed by atoms with E-state index in [0.717, 1.165) is 12.1 Å². The monoisotopic (exact) mass is 221 g/mol. The lowest BCUT2D eigenvalue weighted by atomic mass is 10.1. The van der Waals surface area contributed by atoms with Crippen molar-refractivity contribution in [2.45, 2.75) is 6.04 Å². The van der Waals surface area contributed by atoms with Gasteiger partial charge in [0.1, 0.15) is 5.82 Å². The lowest BCUT2D eigenvalue weighted by molar-refractivity contribution is 0.381. The number of benzene rings is 1. The van der Waals surface area contributed by atoms with E-state index in [-0.39, 0.29) is 17.2 Å². The Morgan fingerprint density at radius 2 is 2.07 bits per heavy atom. The van der Waals surface area contributed by atoms with Crippen LogP contribution in [-0.4, -0.2) is 13.0 Å². The third kappa shape index (κ3) is 2.13. The van der Waals surface area contributed by atoms with E-state index in [1.54, 1.807) is 0 Å². The van der Waals surface area contributed by atoms with Crippen LogP contribution >= 0.6 is 11.6 Å². The molecule has 5 heteroatoms. The Morgan fingerprint density at radius 1 is 1.43 bits per heavy atom. The van der Waals surface area contributed by atoms with Crippen molar-refractivity contribution in [3.63, 3.8) is 0 Å². The zero-order chi connectivity index (χ0) is 10.7. The number of halogens is 3. The fourth-order valence-corrected chi connectivity index (χ4v) is 1.23. The average molecular weight is 222 g/mol. The second kappa shape index (κ2) is 4.57. The van der Waals surface area contributed by atoms with E-state index in [1.165, 1.54) is 7.11 Å². The Morgan fingerprint density at radius 3 is 2.57 bits per heavy atom. The predicted octanol–water partition coefficient (Wildman–Crippen LogP) is 2.21. The molecule has 0 radical (unpaired) electrons. The highest BCUT2D eigenvalue weighted by atomic mass is 35.5. The maximum Gasteiger partial charge on any atom is 0.165 e. The van der Waals surface area contributed by atoms with Crippen LogP contribution in [0.2, 0.25) is 0 Å². The Labute approximate surface area is 85.6 Å². The van der Waals surface area contributed by atoms with Gasteiger partial charge < -0.3 is 10.5 Å². The van der Waals surface area contributed by atoms with E-state index in [4.69, 9.17) is 17.3 Å². The first-order valence-corrected chi connectivity index (χ1v) is 4.48. The molecule has 0 aliphatic carbocycles. The summed E-state index contributed by atoms with van der Waals surface area (Å²) < 4.78 is 31.0. The molecule has 0 aliphatic rings. The summed E-state index contributed by atoms with van der Waals surface area (Å²) in [6.07, 6.45) is 0. The number of nitrogens with two attached hydrogens (primary N) is 1. The number of hydrogen-bond donors (Lipinski definition) is 1. The van der Waals surface area contributed by atoms with Crippen molar-refractivity contribution < 1.29 is 13.5 Å². The largest absolute Gasteiger partial charge is 0.494 e. The molecule has 1 atom stereocenters. The Balaban J connectivity index is 3.14. The van der Waals surface area contributed by atoms with Crippen molar-refractivity contribution in [2.24, 2.45) is 5.73 Å². The van der Waals surface area contributed by atoms with Crippen LogP contribution in [0.15, 0.2) is 12.1 Å². The minimum Gasteiger partial charge on any atom is -0.494 e. The first-order chi connectivity index (χ1) is 6.60. The highest BCUT2D eigenvalue weighted by Gasteiger charge is 2.15. The molecule has 0 bridgehead atoms. The van der Waals surface area contributed by atoms with Gasteiger partial charge in [0.15, 0.2) is 11.6 Å². The summed E-state index contributed by atoms with van der Waals surface area (Å²) in [6, 6.07) is 1.25. The van der Waals surface area contributed by atoms with Crippen molar-refractivity contribution in [3.05, 3.63) is 29.3 Å². The van der Waals surface area contributed by atoms with Crippen LogP contribution in [0.5, 0.6) is 5.75 Å². The molecule has 78 valence electrons. The summed E-state index contributed by atoms with van der Waals surface area (Å²) in [6.45, 7) is 0. The fourth-order valence-electron chi connectivity index (χ4n) is 1.07. The van der Waals surface area contributed by atoms with E-state index < -0.39 is 17.7 Å². The predicted molar refractivity (Wildman–Crippen MR) is 50.6 cm³/mol. The van der Waals surface area contributed by atoms with Gasteiger partial charge in [-0.2, -0.15) is 0 Å². The third-order valence-electron chi connectivity index (χ3n) is 1.84. The molecule has 0 saturated heterocycles. The molecule has 1 unspecified atom stereocenters. The number of hydrogen-bond acceptors (Lipinski definition) is 2. The second-order valence-corrected chi connectivity index (χ2v) is 3.08. The van der Waals surface area contributed by atoms with Gasteiger partial charge in [0.25, 0.3) is 0 Å². The molecule has 1 aromatic rings. The molecular weight excluding hydrogens is 212 g/mol. The second-order valence-electron chi connectivity index (χ2n) is 2.77. The normalized spacial score (nSPS) is 12.6. The standard InChI is InChI=1S/C9H10ClF2NO/c1-14-9-3-6(11)5(2-7(9)12)8(13)4-10/h2-3,8H,4,13H2,1H3. The van der Waals surface area contributed by atoms with Crippen LogP contribution in [0.25, 0.3) is 0 Å². The van der Waals surface area contributed by atoms with Gasteiger partial charge in [0.05, 0.1) is 7.11 Å². The van der Waals surface area contributed by atoms with E-state index in [9.17, 15) is 8.78 Å². The first kappa shape index (κ1) is 11.2. The van der Waals surface area contributed by atoms with Gasteiger partial charge in [-0.25, -0.2) is 8.78 Å². The molecule has 0 aromatic heterocycles. The number of ether oxygens (including phenoxy) is 1. The Bertz CT molecular complexity index is 333. The molecule has 2 N–H and O–H groups in total. The zero-order valence-corrected chi connectivity index (χ0v) is 8.31. The Hall–Kier alpha value is -0.870. The molecule has 1 rings (SSSR count). The summed E-state index contributed by atoms with van der Waals surface area (Å²) in [5.41, 5.74) is 5.53. The van der Waals surface area contributed by atoms with Crippen LogP contribution in [0.3, 0.4) is 0 Å². The van der Waals surface area contributed by atoms with Crippen molar-refractivity contribution in [1.82, 2.24) is 0 Å². The highest BCUT2D eigenvalue weighted by Crippen LogP contribution is 2.24. The number of methoxy groups -OCH3 is 1. The summed E-state index contributed by atoms with van der Waals surface area (Å²) >= 11 is 5.44. The molecule has 1 aromatic carbocycles. The molecule has 0 heterocycles. The lowest BCUT2D eigenvalue weighted by Crippen LogP contribution is -2.14. The fraction of sp³-hybridized carbons (Fsp3) is 0.333. The van der Waals surface area contributed by atoms with Gasteiger partial charge in [0.2, 0.25) is 0 Å². The van der Waals surface area contributed by atoms with Crippen molar-refractivity contribution in [1.29, 1.82) is 0 Å².